The van der Waals surface area contributed by atoms with Gasteiger partial charge < -0.3 is 9.84 Å². The average Bonchev–Trinajstić information content (AvgIpc) is 2.78. The number of phenolic OH excluding ortho intramolecular Hbond substituents is 1. The number of ether oxygens (including phenoxy) is 1. The van der Waals surface area contributed by atoms with Crippen molar-refractivity contribution in [2.75, 3.05) is 6.61 Å². The summed E-state index contributed by atoms with van der Waals surface area (Å²) in [5.41, 5.74) is 0.507. The number of hydrogen-bond acceptors (Lipinski definition) is 3. The second kappa shape index (κ2) is 9.98. The molecular weight excluding hydrogens is 434 g/mol. The monoisotopic (exact) mass is 463 g/mol. The molecule has 0 bridgehead atoms. The first-order valence-corrected chi connectivity index (χ1v) is 11.1. The second-order valence-corrected chi connectivity index (χ2v) is 9.38. The van der Waals surface area contributed by atoms with E-state index in [1.807, 2.05) is 26.8 Å². The van der Waals surface area contributed by atoms with Crippen LogP contribution < -0.4 is 4.74 Å². The third-order valence-electron chi connectivity index (χ3n) is 5.96. The van der Waals surface area contributed by atoms with Crippen molar-refractivity contribution < 1.29 is 27.4 Å². The summed E-state index contributed by atoms with van der Waals surface area (Å²) in [6.45, 7) is 9.04. The lowest BCUT2D eigenvalue weighted by atomic mass is 9.79. The van der Waals surface area contributed by atoms with Crippen molar-refractivity contribution in [1.29, 1.82) is 0 Å². The standard InChI is InChI=1S/C26H29F4NO2/c1-5-11-33-25-21(29)19(27)23(20(28)22(25)30)31-14-16-12-17(26(2,3)4)13-18(24(16)32)15-9-7-6-8-10-15/h5,12-15,32H,1,6-11H2,2-4H3. The van der Waals surface area contributed by atoms with Crippen LogP contribution >= 0.6 is 0 Å². The quantitative estimate of drug-likeness (QED) is 0.207. The number of halogens is 4. The molecule has 0 amide bonds. The highest BCUT2D eigenvalue weighted by atomic mass is 19.2. The van der Waals surface area contributed by atoms with Crippen molar-refractivity contribution >= 4 is 11.9 Å². The molecule has 33 heavy (non-hydrogen) atoms. The van der Waals surface area contributed by atoms with Gasteiger partial charge in [-0.15, -0.1) is 0 Å². The normalized spacial score (nSPS) is 15.2. The molecule has 2 aromatic rings. The minimum absolute atomic E-state index is 0.0358. The Morgan fingerprint density at radius 2 is 1.64 bits per heavy atom. The Hall–Kier alpha value is -2.83. The molecule has 0 saturated heterocycles. The Kier molecular flexibility index (Phi) is 7.50. The third-order valence-corrected chi connectivity index (χ3v) is 5.96. The summed E-state index contributed by atoms with van der Waals surface area (Å²) < 4.78 is 62.3. The molecule has 0 radical (unpaired) electrons. The number of aromatic hydroxyl groups is 1. The van der Waals surface area contributed by atoms with Gasteiger partial charge in [-0.05, 0) is 41.4 Å². The van der Waals surface area contributed by atoms with Gasteiger partial charge in [0.25, 0.3) is 0 Å². The summed E-state index contributed by atoms with van der Waals surface area (Å²) in [6.07, 6.45) is 7.36. The van der Waals surface area contributed by atoms with Crippen molar-refractivity contribution in [2.24, 2.45) is 4.99 Å². The van der Waals surface area contributed by atoms with Crippen LogP contribution in [0.3, 0.4) is 0 Å². The Morgan fingerprint density at radius 3 is 2.18 bits per heavy atom. The van der Waals surface area contributed by atoms with Crippen LogP contribution in [0.15, 0.2) is 29.8 Å². The zero-order valence-corrected chi connectivity index (χ0v) is 19.2. The first-order valence-electron chi connectivity index (χ1n) is 11.1. The van der Waals surface area contributed by atoms with Gasteiger partial charge in [-0.2, -0.15) is 8.78 Å². The molecule has 3 nitrogen and oxygen atoms in total. The maximum atomic E-state index is 14.5. The van der Waals surface area contributed by atoms with Crippen LogP contribution in [0.25, 0.3) is 0 Å². The molecule has 3 rings (SSSR count). The van der Waals surface area contributed by atoms with Gasteiger partial charge in [0.15, 0.2) is 17.4 Å². The van der Waals surface area contributed by atoms with Crippen LogP contribution in [0, 0.1) is 23.3 Å². The van der Waals surface area contributed by atoms with Crippen molar-refractivity contribution in [3.8, 4) is 11.5 Å². The van der Waals surface area contributed by atoms with Crippen LogP contribution in [0.5, 0.6) is 11.5 Å². The molecule has 1 fully saturated rings. The van der Waals surface area contributed by atoms with Crippen LogP contribution in [-0.2, 0) is 5.41 Å². The molecule has 2 aromatic carbocycles. The highest BCUT2D eigenvalue weighted by Gasteiger charge is 2.27. The number of nitrogens with zero attached hydrogens (tertiary/aromatic N) is 1. The van der Waals surface area contributed by atoms with Crippen LogP contribution in [-0.4, -0.2) is 17.9 Å². The Bertz CT molecular complexity index is 1040. The number of benzene rings is 2. The number of aliphatic imine (C=N–C) groups is 1. The lowest BCUT2D eigenvalue weighted by molar-refractivity contribution is 0.303. The van der Waals surface area contributed by atoms with E-state index in [1.54, 1.807) is 6.07 Å². The van der Waals surface area contributed by atoms with Crippen molar-refractivity contribution in [2.45, 2.75) is 64.2 Å². The second-order valence-electron chi connectivity index (χ2n) is 9.38. The van der Waals surface area contributed by atoms with Gasteiger partial charge in [-0.1, -0.05) is 58.8 Å². The molecule has 1 aliphatic rings. The fourth-order valence-electron chi connectivity index (χ4n) is 4.05. The molecule has 0 aliphatic heterocycles. The van der Waals surface area contributed by atoms with E-state index in [1.165, 1.54) is 6.08 Å². The summed E-state index contributed by atoms with van der Waals surface area (Å²) >= 11 is 0. The minimum atomic E-state index is -1.68. The van der Waals surface area contributed by atoms with Gasteiger partial charge in [-0.3, -0.25) is 0 Å². The zero-order valence-electron chi connectivity index (χ0n) is 19.2. The van der Waals surface area contributed by atoms with Crippen molar-refractivity contribution in [3.05, 3.63) is 64.7 Å². The maximum Gasteiger partial charge on any atom is 0.206 e. The third kappa shape index (κ3) is 5.23. The van der Waals surface area contributed by atoms with E-state index in [-0.39, 0.29) is 29.3 Å². The summed E-state index contributed by atoms with van der Waals surface area (Å²) in [5.74, 6) is -7.76. The molecule has 1 saturated carbocycles. The van der Waals surface area contributed by atoms with Gasteiger partial charge >= 0.3 is 0 Å². The number of phenols is 1. The predicted molar refractivity (Wildman–Crippen MR) is 122 cm³/mol. The molecule has 178 valence electrons. The lowest BCUT2D eigenvalue weighted by Gasteiger charge is -2.27. The average molecular weight is 464 g/mol. The van der Waals surface area contributed by atoms with Gasteiger partial charge in [-0.25, -0.2) is 13.8 Å². The van der Waals surface area contributed by atoms with E-state index in [4.69, 9.17) is 4.74 Å². The molecule has 0 aromatic heterocycles. The number of rotatable bonds is 6. The molecule has 0 spiro atoms. The molecule has 0 heterocycles. The zero-order chi connectivity index (χ0) is 24.3. The molecule has 1 aliphatic carbocycles. The first-order chi connectivity index (χ1) is 15.6. The Labute approximate surface area is 191 Å². The van der Waals surface area contributed by atoms with E-state index in [9.17, 15) is 22.7 Å². The SMILES string of the molecule is C=CCOc1c(F)c(F)c(N=Cc2cc(C(C)(C)C)cc(C3CCCCC3)c2O)c(F)c1F. The van der Waals surface area contributed by atoms with E-state index in [0.717, 1.165) is 49.4 Å². The van der Waals surface area contributed by atoms with E-state index >= 15 is 0 Å². The molecule has 0 atom stereocenters. The fraction of sp³-hybridized carbons (Fsp3) is 0.423. The van der Waals surface area contributed by atoms with E-state index in [0.29, 0.717) is 0 Å². The van der Waals surface area contributed by atoms with Gasteiger partial charge in [0, 0.05) is 11.8 Å². The molecular formula is C26H29F4NO2. The first kappa shape index (κ1) is 24.8. The summed E-state index contributed by atoms with van der Waals surface area (Å²) in [6, 6.07) is 3.64. The fourth-order valence-corrected chi connectivity index (χ4v) is 4.05. The van der Waals surface area contributed by atoms with Crippen molar-refractivity contribution in [3.63, 3.8) is 0 Å². The summed E-state index contributed by atoms with van der Waals surface area (Å²) in [5, 5.41) is 10.9. The van der Waals surface area contributed by atoms with Gasteiger partial charge in [0.2, 0.25) is 11.6 Å². The highest BCUT2D eigenvalue weighted by molar-refractivity contribution is 5.87. The predicted octanol–water partition coefficient (Wildman–Crippen LogP) is 7.61. The highest BCUT2D eigenvalue weighted by Crippen LogP contribution is 2.41. The summed E-state index contributed by atoms with van der Waals surface area (Å²) in [7, 11) is 0. The topological polar surface area (TPSA) is 41.8 Å². The van der Waals surface area contributed by atoms with Crippen LogP contribution in [0.4, 0.5) is 23.2 Å². The van der Waals surface area contributed by atoms with Crippen LogP contribution in [0.2, 0.25) is 0 Å². The van der Waals surface area contributed by atoms with E-state index < -0.39 is 34.7 Å². The number of hydrogen-bond donors (Lipinski definition) is 1. The van der Waals surface area contributed by atoms with Crippen LogP contribution in [0.1, 0.15) is 75.5 Å². The summed E-state index contributed by atoms with van der Waals surface area (Å²) in [4.78, 5) is 3.70. The Balaban J connectivity index is 2.09. The molecule has 0 unspecified atom stereocenters. The lowest BCUT2D eigenvalue weighted by Crippen LogP contribution is -2.14. The maximum absolute atomic E-state index is 14.5. The van der Waals surface area contributed by atoms with E-state index in [2.05, 4.69) is 11.6 Å². The molecule has 7 heteroatoms. The molecule has 1 N–H and O–H groups in total. The largest absolute Gasteiger partial charge is 0.507 e. The Morgan fingerprint density at radius 1 is 1.03 bits per heavy atom. The van der Waals surface area contributed by atoms with Crippen molar-refractivity contribution in [1.82, 2.24) is 0 Å². The van der Waals surface area contributed by atoms with Gasteiger partial charge in [0.1, 0.15) is 18.0 Å². The smallest absolute Gasteiger partial charge is 0.206 e. The van der Waals surface area contributed by atoms with Gasteiger partial charge in [0.05, 0.1) is 0 Å². The minimum Gasteiger partial charge on any atom is -0.507 e.